The minimum Gasteiger partial charge on any atom is -0.355 e. The number of amides is 1. The number of nitrogens with zero attached hydrogens (tertiary/aromatic N) is 1. The lowest BCUT2D eigenvalue weighted by atomic mass is 9.99. The van der Waals surface area contributed by atoms with E-state index >= 15 is 0 Å². The van der Waals surface area contributed by atoms with Gasteiger partial charge in [0, 0.05) is 26.2 Å². The Morgan fingerprint density at radius 3 is 2.67 bits per heavy atom. The van der Waals surface area contributed by atoms with Gasteiger partial charge in [-0.1, -0.05) is 25.5 Å². The second-order valence-electron chi connectivity index (χ2n) is 6.18. The summed E-state index contributed by atoms with van der Waals surface area (Å²) in [6, 6.07) is 7.06. The predicted molar refractivity (Wildman–Crippen MR) is 94.0 cm³/mol. The lowest BCUT2D eigenvalue weighted by Crippen LogP contribution is -2.46. The van der Waals surface area contributed by atoms with E-state index in [-0.39, 0.29) is 18.4 Å². The van der Waals surface area contributed by atoms with E-state index in [1.54, 1.807) is 12.1 Å². The molecule has 0 radical (unpaired) electrons. The van der Waals surface area contributed by atoms with Gasteiger partial charge in [-0.3, -0.25) is 4.79 Å². The summed E-state index contributed by atoms with van der Waals surface area (Å²) in [6.07, 6.45) is 3.36. The molecule has 6 nitrogen and oxygen atoms in total. The molecule has 0 aliphatic carbocycles. The number of aryl methyl sites for hydroxylation is 1. The monoisotopic (exact) mass is 353 g/mol. The first-order valence-corrected chi connectivity index (χ1v) is 10.00. The molecule has 1 amide bonds. The van der Waals surface area contributed by atoms with Gasteiger partial charge in [0.2, 0.25) is 15.9 Å². The Balaban J connectivity index is 2.09. The van der Waals surface area contributed by atoms with Crippen LogP contribution in [0.5, 0.6) is 0 Å². The van der Waals surface area contributed by atoms with Crippen LogP contribution >= 0.6 is 0 Å². The molecular formula is C17H27N3O3S. The molecule has 2 rings (SSSR count). The molecule has 1 aliphatic heterocycles. The number of hydrogen-bond donors (Lipinski definition) is 2. The maximum atomic E-state index is 12.8. The summed E-state index contributed by atoms with van der Waals surface area (Å²) in [4.78, 5) is 12.4. The molecule has 1 aromatic carbocycles. The number of sulfonamides is 1. The zero-order valence-electron chi connectivity index (χ0n) is 14.2. The zero-order chi connectivity index (χ0) is 17.6. The molecule has 1 heterocycles. The summed E-state index contributed by atoms with van der Waals surface area (Å²) >= 11 is 0. The van der Waals surface area contributed by atoms with Crippen LogP contribution in [0.15, 0.2) is 29.2 Å². The van der Waals surface area contributed by atoms with Gasteiger partial charge in [0.25, 0.3) is 0 Å². The molecule has 1 fully saturated rings. The fraction of sp³-hybridized carbons (Fsp3) is 0.588. The van der Waals surface area contributed by atoms with Crippen LogP contribution in [-0.2, 0) is 21.2 Å². The molecule has 24 heavy (non-hydrogen) atoms. The van der Waals surface area contributed by atoms with Crippen molar-refractivity contribution in [2.24, 2.45) is 11.7 Å². The van der Waals surface area contributed by atoms with Gasteiger partial charge >= 0.3 is 0 Å². The number of nitrogens with one attached hydrogen (secondary N) is 1. The van der Waals surface area contributed by atoms with Crippen molar-refractivity contribution in [2.75, 3.05) is 26.2 Å². The number of benzene rings is 1. The van der Waals surface area contributed by atoms with Crippen molar-refractivity contribution < 1.29 is 13.2 Å². The number of hydrogen-bond acceptors (Lipinski definition) is 4. The molecule has 1 unspecified atom stereocenters. The number of carbonyl (C=O) groups excluding carboxylic acids is 1. The number of rotatable bonds is 7. The van der Waals surface area contributed by atoms with Gasteiger partial charge in [-0.2, -0.15) is 4.31 Å². The van der Waals surface area contributed by atoms with Crippen molar-refractivity contribution in [3.8, 4) is 0 Å². The minimum absolute atomic E-state index is 0.112. The maximum absolute atomic E-state index is 12.8. The van der Waals surface area contributed by atoms with Crippen LogP contribution in [0.2, 0.25) is 0 Å². The molecule has 7 heteroatoms. The van der Waals surface area contributed by atoms with E-state index in [4.69, 9.17) is 5.73 Å². The Kier molecular flexibility index (Phi) is 6.77. The standard InChI is InChI=1S/C17H27N3O3S/c1-2-4-14-6-8-16(9-7-14)24(22,23)20-12-3-5-15(13-20)17(21)19-11-10-18/h6-9,15H,2-5,10-13,18H2,1H3,(H,19,21). The van der Waals surface area contributed by atoms with Gasteiger partial charge in [0.15, 0.2) is 0 Å². The molecule has 1 aromatic rings. The molecule has 0 spiro atoms. The van der Waals surface area contributed by atoms with E-state index in [2.05, 4.69) is 12.2 Å². The molecule has 1 saturated heterocycles. The highest BCUT2D eigenvalue weighted by Crippen LogP contribution is 2.24. The van der Waals surface area contributed by atoms with Crippen molar-refractivity contribution in [3.63, 3.8) is 0 Å². The lowest BCUT2D eigenvalue weighted by molar-refractivity contribution is -0.126. The SMILES string of the molecule is CCCc1ccc(S(=O)(=O)N2CCCC(C(=O)NCCN)C2)cc1. The van der Waals surface area contributed by atoms with Crippen molar-refractivity contribution in [3.05, 3.63) is 29.8 Å². The van der Waals surface area contributed by atoms with Gasteiger partial charge in [-0.05, 0) is 37.0 Å². The van der Waals surface area contributed by atoms with Gasteiger partial charge in [0.1, 0.15) is 0 Å². The summed E-state index contributed by atoms with van der Waals surface area (Å²) in [6.45, 7) is 3.58. The van der Waals surface area contributed by atoms with Crippen LogP contribution < -0.4 is 11.1 Å². The zero-order valence-corrected chi connectivity index (χ0v) is 15.0. The average molecular weight is 353 g/mol. The molecule has 0 saturated carbocycles. The molecule has 0 bridgehead atoms. The molecular weight excluding hydrogens is 326 g/mol. The van der Waals surface area contributed by atoms with Crippen molar-refractivity contribution >= 4 is 15.9 Å². The topological polar surface area (TPSA) is 92.5 Å². The summed E-state index contributed by atoms with van der Waals surface area (Å²) in [5.41, 5.74) is 6.52. The van der Waals surface area contributed by atoms with Gasteiger partial charge in [-0.15, -0.1) is 0 Å². The van der Waals surface area contributed by atoms with Crippen LogP contribution in [0.1, 0.15) is 31.7 Å². The summed E-state index contributed by atoms with van der Waals surface area (Å²) in [5.74, 6) is -0.418. The maximum Gasteiger partial charge on any atom is 0.243 e. The number of piperidine rings is 1. The first-order chi connectivity index (χ1) is 11.5. The second kappa shape index (κ2) is 8.60. The fourth-order valence-electron chi connectivity index (χ4n) is 2.98. The Morgan fingerprint density at radius 1 is 1.33 bits per heavy atom. The van der Waals surface area contributed by atoms with E-state index in [1.807, 2.05) is 12.1 Å². The Morgan fingerprint density at radius 2 is 2.04 bits per heavy atom. The highest BCUT2D eigenvalue weighted by atomic mass is 32.2. The van der Waals surface area contributed by atoms with E-state index in [1.165, 1.54) is 4.31 Å². The lowest BCUT2D eigenvalue weighted by Gasteiger charge is -2.31. The summed E-state index contributed by atoms with van der Waals surface area (Å²) < 4.78 is 27.1. The largest absolute Gasteiger partial charge is 0.355 e. The Labute approximate surface area is 144 Å². The third-order valence-corrected chi connectivity index (χ3v) is 6.18. The minimum atomic E-state index is -3.55. The van der Waals surface area contributed by atoms with E-state index in [0.29, 0.717) is 37.4 Å². The van der Waals surface area contributed by atoms with Crippen molar-refractivity contribution in [1.29, 1.82) is 0 Å². The summed E-state index contributed by atoms with van der Waals surface area (Å²) in [7, 11) is -3.55. The first-order valence-electron chi connectivity index (χ1n) is 8.56. The first kappa shape index (κ1) is 18.9. The van der Waals surface area contributed by atoms with Crippen molar-refractivity contribution in [2.45, 2.75) is 37.5 Å². The van der Waals surface area contributed by atoms with Crippen LogP contribution in [0.4, 0.5) is 0 Å². The molecule has 3 N–H and O–H groups in total. The van der Waals surface area contributed by atoms with Crippen LogP contribution in [0.3, 0.4) is 0 Å². The third kappa shape index (κ3) is 4.55. The highest BCUT2D eigenvalue weighted by molar-refractivity contribution is 7.89. The molecule has 1 atom stereocenters. The fourth-order valence-corrected chi connectivity index (χ4v) is 4.50. The molecule has 0 aromatic heterocycles. The van der Waals surface area contributed by atoms with Gasteiger partial charge in [-0.25, -0.2) is 8.42 Å². The normalized spacial score (nSPS) is 19.2. The molecule has 134 valence electrons. The quantitative estimate of drug-likeness (QED) is 0.768. The third-order valence-electron chi connectivity index (χ3n) is 4.30. The Hall–Kier alpha value is -1.44. The van der Waals surface area contributed by atoms with E-state index in [9.17, 15) is 13.2 Å². The number of carbonyl (C=O) groups is 1. The van der Waals surface area contributed by atoms with E-state index < -0.39 is 10.0 Å². The predicted octanol–water partition coefficient (Wildman–Crippen LogP) is 1.11. The number of nitrogens with two attached hydrogens (primary N) is 1. The highest BCUT2D eigenvalue weighted by Gasteiger charge is 2.33. The average Bonchev–Trinajstić information content (AvgIpc) is 2.60. The van der Waals surface area contributed by atoms with Crippen LogP contribution in [0, 0.1) is 5.92 Å². The smallest absolute Gasteiger partial charge is 0.243 e. The van der Waals surface area contributed by atoms with Crippen molar-refractivity contribution in [1.82, 2.24) is 9.62 Å². The van der Waals surface area contributed by atoms with Gasteiger partial charge in [0.05, 0.1) is 10.8 Å². The van der Waals surface area contributed by atoms with E-state index in [0.717, 1.165) is 18.4 Å². The molecule has 1 aliphatic rings. The summed E-state index contributed by atoms with van der Waals surface area (Å²) in [5, 5.41) is 2.75. The van der Waals surface area contributed by atoms with Crippen LogP contribution in [-0.4, -0.2) is 44.8 Å². The second-order valence-corrected chi connectivity index (χ2v) is 8.11. The van der Waals surface area contributed by atoms with Crippen LogP contribution in [0.25, 0.3) is 0 Å². The van der Waals surface area contributed by atoms with Gasteiger partial charge < -0.3 is 11.1 Å². The Bertz CT molecular complexity index is 644.